The largest absolute Gasteiger partial charge is 0.392 e. The molecule has 4 nitrogen and oxygen atoms in total. The van der Waals surface area contributed by atoms with E-state index in [1.165, 1.54) is 12.8 Å². The molecule has 0 spiro atoms. The van der Waals surface area contributed by atoms with E-state index in [-0.39, 0.29) is 6.61 Å². The minimum Gasteiger partial charge on any atom is -0.392 e. The highest BCUT2D eigenvalue weighted by atomic mass is 16.3. The lowest BCUT2D eigenvalue weighted by Gasteiger charge is -2.35. The summed E-state index contributed by atoms with van der Waals surface area (Å²) in [5.74, 6) is 1.05. The molecule has 1 saturated carbocycles. The first kappa shape index (κ1) is 13.8. The molecule has 3 rings (SSSR count). The molecular formula is C16H25N3O. The second kappa shape index (κ2) is 6.10. The monoisotopic (exact) mass is 275 g/mol. The second-order valence-corrected chi connectivity index (χ2v) is 5.99. The quantitative estimate of drug-likeness (QED) is 0.889. The predicted molar refractivity (Wildman–Crippen MR) is 81.0 cm³/mol. The molecule has 0 radical (unpaired) electrons. The van der Waals surface area contributed by atoms with Crippen LogP contribution in [0, 0.1) is 0 Å². The van der Waals surface area contributed by atoms with Crippen LogP contribution in [0.15, 0.2) is 12.1 Å². The maximum atomic E-state index is 9.42. The minimum absolute atomic E-state index is 0.105. The Morgan fingerprint density at radius 2 is 1.95 bits per heavy atom. The van der Waals surface area contributed by atoms with Crippen LogP contribution in [0.1, 0.15) is 37.4 Å². The van der Waals surface area contributed by atoms with Crippen molar-refractivity contribution < 1.29 is 5.11 Å². The van der Waals surface area contributed by atoms with E-state index in [0.29, 0.717) is 0 Å². The first-order chi connectivity index (χ1) is 9.80. The molecule has 20 heavy (non-hydrogen) atoms. The Kier molecular flexibility index (Phi) is 4.22. The third-order valence-corrected chi connectivity index (χ3v) is 4.31. The topological polar surface area (TPSA) is 39.6 Å². The minimum atomic E-state index is 0.105. The summed E-state index contributed by atoms with van der Waals surface area (Å²) in [7, 11) is 0. The van der Waals surface area contributed by atoms with Gasteiger partial charge in [-0.1, -0.05) is 13.3 Å². The Labute approximate surface area is 121 Å². The van der Waals surface area contributed by atoms with Crippen LogP contribution in [0.25, 0.3) is 0 Å². The molecule has 1 aliphatic carbocycles. The zero-order valence-electron chi connectivity index (χ0n) is 12.4. The van der Waals surface area contributed by atoms with Gasteiger partial charge >= 0.3 is 0 Å². The van der Waals surface area contributed by atoms with Crippen LogP contribution in [0.5, 0.6) is 0 Å². The van der Waals surface area contributed by atoms with Gasteiger partial charge in [0.2, 0.25) is 0 Å². The fourth-order valence-corrected chi connectivity index (χ4v) is 3.03. The highest BCUT2D eigenvalue weighted by Gasteiger charge is 2.31. The van der Waals surface area contributed by atoms with E-state index in [9.17, 15) is 5.11 Å². The third kappa shape index (κ3) is 3.13. The van der Waals surface area contributed by atoms with Crippen LogP contribution in [-0.2, 0) is 13.0 Å². The number of aliphatic hydroxyl groups is 1. The fraction of sp³-hybridized carbons (Fsp3) is 0.688. The number of anilines is 1. The highest BCUT2D eigenvalue weighted by Crippen LogP contribution is 2.28. The standard InChI is InChI=1S/C16H25N3O/c1-2-3-14-10-13(12-20)11-16(17-14)19-8-6-18(7-9-19)15-4-5-15/h10-11,15,20H,2-9,12H2,1H3. The molecule has 4 heteroatoms. The van der Waals surface area contributed by atoms with Gasteiger partial charge in [-0.15, -0.1) is 0 Å². The molecule has 110 valence electrons. The third-order valence-electron chi connectivity index (χ3n) is 4.31. The van der Waals surface area contributed by atoms with Gasteiger partial charge in [0.05, 0.1) is 6.61 Å². The van der Waals surface area contributed by atoms with Gasteiger partial charge in [-0.3, -0.25) is 4.90 Å². The number of hydrogen-bond donors (Lipinski definition) is 1. The van der Waals surface area contributed by atoms with Crippen LogP contribution < -0.4 is 4.90 Å². The van der Waals surface area contributed by atoms with Gasteiger partial charge in [0.1, 0.15) is 5.82 Å². The van der Waals surface area contributed by atoms with E-state index in [2.05, 4.69) is 16.7 Å². The molecular weight excluding hydrogens is 250 g/mol. The second-order valence-electron chi connectivity index (χ2n) is 5.99. The van der Waals surface area contributed by atoms with Crippen LogP contribution in [0.4, 0.5) is 5.82 Å². The van der Waals surface area contributed by atoms with Crippen molar-refractivity contribution in [2.45, 2.75) is 45.3 Å². The first-order valence-electron chi connectivity index (χ1n) is 7.90. The maximum absolute atomic E-state index is 9.42. The number of hydrogen-bond acceptors (Lipinski definition) is 4. The Balaban J connectivity index is 1.70. The van der Waals surface area contributed by atoms with Crippen molar-refractivity contribution in [3.05, 3.63) is 23.4 Å². The summed E-state index contributed by atoms with van der Waals surface area (Å²) in [6.07, 6.45) is 4.86. The average molecular weight is 275 g/mol. The van der Waals surface area contributed by atoms with Crippen molar-refractivity contribution in [2.75, 3.05) is 31.1 Å². The molecule has 0 atom stereocenters. The molecule has 0 aromatic carbocycles. The van der Waals surface area contributed by atoms with Gasteiger partial charge in [-0.25, -0.2) is 4.98 Å². The van der Waals surface area contributed by atoms with E-state index in [1.807, 2.05) is 12.1 Å². The molecule has 1 aromatic rings. The Bertz CT molecular complexity index is 451. The van der Waals surface area contributed by atoms with Crippen molar-refractivity contribution in [3.8, 4) is 0 Å². The van der Waals surface area contributed by atoms with E-state index >= 15 is 0 Å². The number of rotatable bonds is 5. The van der Waals surface area contributed by atoms with Gasteiger partial charge in [0, 0.05) is 37.9 Å². The Hall–Kier alpha value is -1.13. The molecule has 1 saturated heterocycles. The summed E-state index contributed by atoms with van der Waals surface area (Å²) in [6, 6.07) is 4.95. The van der Waals surface area contributed by atoms with Gasteiger partial charge in [-0.05, 0) is 37.0 Å². The molecule has 0 bridgehead atoms. The average Bonchev–Trinajstić information content (AvgIpc) is 3.32. The van der Waals surface area contributed by atoms with Gasteiger partial charge in [0.25, 0.3) is 0 Å². The zero-order valence-corrected chi connectivity index (χ0v) is 12.4. The van der Waals surface area contributed by atoms with Gasteiger partial charge < -0.3 is 10.0 Å². The molecule has 2 aliphatic rings. The predicted octanol–water partition coefficient (Wildman–Crippen LogP) is 1.81. The summed E-state index contributed by atoms with van der Waals surface area (Å²) in [5, 5.41) is 9.42. The lowest BCUT2D eigenvalue weighted by Crippen LogP contribution is -2.47. The van der Waals surface area contributed by atoms with E-state index in [0.717, 1.165) is 62.1 Å². The summed E-state index contributed by atoms with van der Waals surface area (Å²) < 4.78 is 0. The molecule has 2 fully saturated rings. The van der Waals surface area contributed by atoms with Crippen molar-refractivity contribution in [1.29, 1.82) is 0 Å². The molecule has 1 N–H and O–H groups in total. The molecule has 0 amide bonds. The number of piperazine rings is 1. The zero-order chi connectivity index (χ0) is 13.9. The maximum Gasteiger partial charge on any atom is 0.129 e. The Morgan fingerprint density at radius 1 is 1.20 bits per heavy atom. The summed E-state index contributed by atoms with van der Waals surface area (Å²) in [4.78, 5) is 9.76. The van der Waals surface area contributed by atoms with Crippen molar-refractivity contribution in [1.82, 2.24) is 9.88 Å². The number of aryl methyl sites for hydroxylation is 1. The van der Waals surface area contributed by atoms with Crippen LogP contribution in [0.3, 0.4) is 0 Å². The van der Waals surface area contributed by atoms with E-state index in [1.54, 1.807) is 0 Å². The van der Waals surface area contributed by atoms with E-state index < -0.39 is 0 Å². The molecule has 1 aliphatic heterocycles. The number of pyridine rings is 1. The van der Waals surface area contributed by atoms with Crippen molar-refractivity contribution >= 4 is 5.82 Å². The van der Waals surface area contributed by atoms with Crippen LogP contribution >= 0.6 is 0 Å². The van der Waals surface area contributed by atoms with Gasteiger partial charge in [0.15, 0.2) is 0 Å². The van der Waals surface area contributed by atoms with Crippen LogP contribution in [0.2, 0.25) is 0 Å². The lowest BCUT2D eigenvalue weighted by molar-refractivity contribution is 0.247. The van der Waals surface area contributed by atoms with Crippen molar-refractivity contribution in [3.63, 3.8) is 0 Å². The molecule has 2 heterocycles. The lowest BCUT2D eigenvalue weighted by atomic mass is 10.1. The summed E-state index contributed by atoms with van der Waals surface area (Å²) in [5.41, 5.74) is 2.10. The first-order valence-corrected chi connectivity index (χ1v) is 7.90. The highest BCUT2D eigenvalue weighted by molar-refractivity contribution is 5.43. The van der Waals surface area contributed by atoms with Crippen LogP contribution in [-0.4, -0.2) is 47.2 Å². The summed E-state index contributed by atoms with van der Waals surface area (Å²) in [6.45, 7) is 6.70. The summed E-state index contributed by atoms with van der Waals surface area (Å²) >= 11 is 0. The smallest absolute Gasteiger partial charge is 0.129 e. The number of aliphatic hydroxyl groups excluding tert-OH is 1. The van der Waals surface area contributed by atoms with Crippen molar-refractivity contribution in [2.24, 2.45) is 0 Å². The SMILES string of the molecule is CCCc1cc(CO)cc(N2CCN(C3CC3)CC2)n1. The molecule has 0 unspecified atom stereocenters. The molecule has 1 aromatic heterocycles. The fourth-order valence-electron chi connectivity index (χ4n) is 3.03. The van der Waals surface area contributed by atoms with Gasteiger partial charge in [-0.2, -0.15) is 0 Å². The number of aromatic nitrogens is 1. The van der Waals surface area contributed by atoms with E-state index in [4.69, 9.17) is 4.98 Å². The number of nitrogens with zero attached hydrogens (tertiary/aromatic N) is 3. The normalized spacial score (nSPS) is 20.4. The Morgan fingerprint density at radius 3 is 2.55 bits per heavy atom.